The summed E-state index contributed by atoms with van der Waals surface area (Å²) >= 11 is 0. The lowest BCUT2D eigenvalue weighted by atomic mass is 9.98. The van der Waals surface area contributed by atoms with Crippen molar-refractivity contribution in [2.24, 2.45) is 0 Å². The molecule has 0 saturated carbocycles. The molecule has 170 valence electrons. The molecule has 0 fully saturated rings. The van der Waals surface area contributed by atoms with Crippen LogP contribution in [0.1, 0.15) is 22.3 Å². The third-order valence-corrected chi connectivity index (χ3v) is 5.08. The highest BCUT2D eigenvalue weighted by Gasteiger charge is 2.31. The summed E-state index contributed by atoms with van der Waals surface area (Å²) in [5.41, 5.74) is 2.06. The molecule has 0 N–H and O–H groups in total. The van der Waals surface area contributed by atoms with E-state index in [2.05, 4.69) is 10.9 Å². The number of benzene rings is 3. The fourth-order valence-electron chi connectivity index (χ4n) is 3.35. The van der Waals surface area contributed by atoms with Gasteiger partial charge in [-0.25, -0.2) is 0 Å². The molecular weight excluding hydrogens is 439 g/mol. The molecule has 1 heterocycles. The quantitative estimate of drug-likeness (QED) is 0.282. The summed E-state index contributed by atoms with van der Waals surface area (Å²) in [5, 5.41) is 0. The van der Waals surface area contributed by atoms with E-state index in [1.807, 2.05) is 60.7 Å². The van der Waals surface area contributed by atoms with Gasteiger partial charge in [0, 0.05) is 22.8 Å². The van der Waals surface area contributed by atoms with Crippen molar-refractivity contribution in [3.8, 4) is 35.2 Å². The van der Waals surface area contributed by atoms with Gasteiger partial charge in [-0.1, -0.05) is 72.7 Å². The first kappa shape index (κ1) is 22.9. The SMILES string of the molecule is C#Cc1cc(C(F)(F)F)ccc1-c1ccc(OCc2ccccc2)nc1OCc1ccccc1. The van der Waals surface area contributed by atoms with Crippen molar-refractivity contribution >= 4 is 0 Å². The number of aromatic nitrogens is 1. The fraction of sp³-hybridized carbons (Fsp3) is 0.107. The van der Waals surface area contributed by atoms with Crippen LogP contribution in [0.2, 0.25) is 0 Å². The Morgan fingerprint density at radius 3 is 1.91 bits per heavy atom. The molecule has 0 atom stereocenters. The van der Waals surface area contributed by atoms with Gasteiger partial charge in [-0.3, -0.25) is 0 Å². The Kier molecular flexibility index (Phi) is 6.84. The molecule has 0 unspecified atom stereocenters. The maximum atomic E-state index is 13.2. The van der Waals surface area contributed by atoms with E-state index in [1.165, 1.54) is 6.07 Å². The van der Waals surface area contributed by atoms with Gasteiger partial charge < -0.3 is 9.47 Å². The Labute approximate surface area is 195 Å². The normalized spacial score (nSPS) is 11.0. The zero-order valence-corrected chi connectivity index (χ0v) is 18.0. The number of ether oxygens (including phenoxy) is 2. The molecule has 3 aromatic carbocycles. The van der Waals surface area contributed by atoms with E-state index < -0.39 is 11.7 Å². The zero-order chi connectivity index (χ0) is 24.0. The van der Waals surface area contributed by atoms with Crippen LogP contribution in [0, 0.1) is 12.3 Å². The van der Waals surface area contributed by atoms with Gasteiger partial charge in [-0.2, -0.15) is 18.2 Å². The third-order valence-electron chi connectivity index (χ3n) is 5.08. The highest BCUT2D eigenvalue weighted by Crippen LogP contribution is 2.37. The molecular formula is C28H20F3NO2. The van der Waals surface area contributed by atoms with Gasteiger partial charge in [0.15, 0.2) is 0 Å². The van der Waals surface area contributed by atoms with Crippen molar-refractivity contribution in [3.63, 3.8) is 0 Å². The molecule has 0 aliphatic heterocycles. The maximum Gasteiger partial charge on any atom is 0.416 e. The van der Waals surface area contributed by atoms with Gasteiger partial charge in [-0.05, 0) is 29.3 Å². The first-order valence-corrected chi connectivity index (χ1v) is 10.5. The fourth-order valence-corrected chi connectivity index (χ4v) is 3.35. The average molecular weight is 459 g/mol. The van der Waals surface area contributed by atoms with E-state index in [9.17, 15) is 13.2 Å². The van der Waals surface area contributed by atoms with Gasteiger partial charge in [-0.15, -0.1) is 6.42 Å². The summed E-state index contributed by atoms with van der Waals surface area (Å²) in [6.07, 6.45) is 1.06. The molecule has 3 nitrogen and oxygen atoms in total. The van der Waals surface area contributed by atoms with Gasteiger partial charge in [0.1, 0.15) is 13.2 Å². The van der Waals surface area contributed by atoms with E-state index in [-0.39, 0.29) is 18.1 Å². The largest absolute Gasteiger partial charge is 0.473 e. The van der Waals surface area contributed by atoms with E-state index in [0.717, 1.165) is 23.3 Å². The van der Waals surface area contributed by atoms with Crippen LogP contribution in [0.25, 0.3) is 11.1 Å². The zero-order valence-electron chi connectivity index (χ0n) is 18.0. The average Bonchev–Trinajstić information content (AvgIpc) is 2.86. The van der Waals surface area contributed by atoms with Crippen LogP contribution in [0.5, 0.6) is 11.8 Å². The molecule has 0 bridgehead atoms. The van der Waals surface area contributed by atoms with Gasteiger partial charge in [0.25, 0.3) is 0 Å². The summed E-state index contributed by atoms with van der Waals surface area (Å²) in [6, 6.07) is 25.7. The van der Waals surface area contributed by atoms with Crippen LogP contribution in [-0.4, -0.2) is 4.98 Å². The number of nitrogens with zero attached hydrogens (tertiary/aromatic N) is 1. The number of hydrogen-bond acceptors (Lipinski definition) is 3. The smallest absolute Gasteiger partial charge is 0.416 e. The second kappa shape index (κ2) is 10.1. The van der Waals surface area contributed by atoms with Crippen LogP contribution in [0.4, 0.5) is 13.2 Å². The van der Waals surface area contributed by atoms with Gasteiger partial charge in [0.2, 0.25) is 11.8 Å². The predicted molar refractivity (Wildman–Crippen MR) is 124 cm³/mol. The van der Waals surface area contributed by atoms with Crippen LogP contribution in [0.3, 0.4) is 0 Å². The standard InChI is InChI=1S/C28H20F3NO2/c1-2-22-17-23(28(29,30)31)13-14-24(22)25-15-16-26(33-18-20-9-5-3-6-10-20)32-27(25)34-19-21-11-7-4-8-12-21/h1,3-17H,18-19H2. The first-order valence-electron chi connectivity index (χ1n) is 10.5. The maximum absolute atomic E-state index is 13.2. The summed E-state index contributed by atoms with van der Waals surface area (Å²) in [4.78, 5) is 4.49. The molecule has 0 amide bonds. The van der Waals surface area contributed by atoms with Crippen molar-refractivity contribution < 1.29 is 22.6 Å². The first-order chi connectivity index (χ1) is 16.4. The van der Waals surface area contributed by atoms with Crippen LogP contribution >= 0.6 is 0 Å². The molecule has 4 rings (SSSR count). The molecule has 34 heavy (non-hydrogen) atoms. The van der Waals surface area contributed by atoms with Crippen molar-refractivity contribution in [2.45, 2.75) is 19.4 Å². The van der Waals surface area contributed by atoms with Gasteiger partial charge >= 0.3 is 6.18 Å². The molecule has 6 heteroatoms. The summed E-state index contributed by atoms with van der Waals surface area (Å²) in [6.45, 7) is 0.524. The molecule has 0 saturated heterocycles. The number of pyridine rings is 1. The van der Waals surface area contributed by atoms with Gasteiger partial charge in [0.05, 0.1) is 5.56 Å². The van der Waals surface area contributed by atoms with E-state index >= 15 is 0 Å². The monoisotopic (exact) mass is 459 g/mol. The number of alkyl halides is 3. The van der Waals surface area contributed by atoms with Crippen molar-refractivity contribution in [3.05, 3.63) is 113 Å². The Balaban J connectivity index is 1.68. The molecule has 0 spiro atoms. The highest BCUT2D eigenvalue weighted by atomic mass is 19.4. The minimum absolute atomic E-state index is 0.0964. The van der Waals surface area contributed by atoms with Crippen molar-refractivity contribution in [1.29, 1.82) is 0 Å². The Hall–Kier alpha value is -4.24. The van der Waals surface area contributed by atoms with E-state index in [0.29, 0.717) is 23.6 Å². The molecule has 0 radical (unpaired) electrons. The topological polar surface area (TPSA) is 31.4 Å². The third kappa shape index (κ3) is 5.57. The summed E-state index contributed by atoms with van der Waals surface area (Å²) in [5.74, 6) is 2.89. The number of rotatable bonds is 7. The summed E-state index contributed by atoms with van der Waals surface area (Å²) in [7, 11) is 0. The Morgan fingerprint density at radius 2 is 1.32 bits per heavy atom. The lowest BCUT2D eigenvalue weighted by Gasteiger charge is -2.15. The molecule has 0 aliphatic rings. The Bertz CT molecular complexity index is 1300. The number of hydrogen-bond donors (Lipinski definition) is 0. The van der Waals surface area contributed by atoms with Crippen LogP contribution in [-0.2, 0) is 19.4 Å². The lowest BCUT2D eigenvalue weighted by molar-refractivity contribution is -0.137. The van der Waals surface area contributed by atoms with Crippen molar-refractivity contribution in [1.82, 2.24) is 4.98 Å². The Morgan fingerprint density at radius 1 is 0.735 bits per heavy atom. The predicted octanol–water partition coefficient (Wildman–Crippen LogP) is 6.91. The second-order valence-corrected chi connectivity index (χ2v) is 7.45. The number of halogens is 3. The summed E-state index contributed by atoms with van der Waals surface area (Å²) < 4.78 is 51.3. The molecule has 4 aromatic rings. The van der Waals surface area contributed by atoms with E-state index in [1.54, 1.807) is 12.1 Å². The van der Waals surface area contributed by atoms with Crippen LogP contribution < -0.4 is 9.47 Å². The molecule has 1 aromatic heterocycles. The molecule has 0 aliphatic carbocycles. The second-order valence-electron chi connectivity index (χ2n) is 7.45. The lowest BCUT2D eigenvalue weighted by Crippen LogP contribution is -2.06. The van der Waals surface area contributed by atoms with Crippen LogP contribution in [0.15, 0.2) is 91.0 Å². The highest BCUT2D eigenvalue weighted by molar-refractivity contribution is 5.75. The van der Waals surface area contributed by atoms with E-state index in [4.69, 9.17) is 15.9 Å². The van der Waals surface area contributed by atoms with Crippen molar-refractivity contribution in [2.75, 3.05) is 0 Å². The number of terminal acetylenes is 1. The minimum Gasteiger partial charge on any atom is -0.473 e. The minimum atomic E-state index is -4.50.